The van der Waals surface area contributed by atoms with Gasteiger partial charge in [0.05, 0.1) is 11.0 Å². The van der Waals surface area contributed by atoms with Crippen LogP contribution in [-0.2, 0) is 14.4 Å². The molecule has 53 valence electrons. The summed E-state index contributed by atoms with van der Waals surface area (Å²) in [5.41, 5.74) is 0. The van der Waals surface area contributed by atoms with Crippen LogP contribution in [-0.4, -0.2) is 28.9 Å². The van der Waals surface area contributed by atoms with E-state index in [4.69, 9.17) is 0 Å². The van der Waals surface area contributed by atoms with Crippen molar-refractivity contribution in [1.82, 2.24) is 0 Å². The smallest absolute Gasteiger partial charge is 0.212 e. The molecule has 1 unspecified atom stereocenters. The minimum atomic E-state index is -0.440. The fourth-order valence-electron chi connectivity index (χ4n) is 0.730. The van der Waals surface area contributed by atoms with E-state index in [-0.39, 0.29) is 18.0 Å². The number of carbonyl (C=O) groups excluding carboxylic acids is 3. The highest BCUT2D eigenvalue weighted by Gasteiger charge is 2.32. The van der Waals surface area contributed by atoms with Gasteiger partial charge in [-0.2, -0.15) is 0 Å². The van der Waals surface area contributed by atoms with E-state index >= 15 is 0 Å². The van der Waals surface area contributed by atoms with Gasteiger partial charge in [0, 0.05) is 6.42 Å². The van der Waals surface area contributed by atoms with Gasteiger partial charge in [0.25, 0.3) is 0 Å². The van der Waals surface area contributed by atoms with Gasteiger partial charge in [-0.3, -0.25) is 14.4 Å². The second-order valence-electron chi connectivity index (χ2n) is 1.94. The van der Waals surface area contributed by atoms with Crippen molar-refractivity contribution in [3.05, 3.63) is 0 Å². The molecule has 0 aromatic carbocycles. The molecular formula is C6H5O3S. The lowest BCUT2D eigenvalue weighted by Crippen LogP contribution is -2.17. The van der Waals surface area contributed by atoms with Crippen LogP contribution in [0.25, 0.3) is 0 Å². The molecule has 0 aliphatic carbocycles. The first kappa shape index (κ1) is 7.47. The normalized spacial score (nSPS) is 25.4. The Balaban J connectivity index is 2.57. The fourth-order valence-corrected chi connectivity index (χ4v) is 1.69. The number of ketones is 2. The number of hydrogen-bond donors (Lipinski definition) is 0. The minimum absolute atomic E-state index is 0.0508. The summed E-state index contributed by atoms with van der Waals surface area (Å²) in [7, 11) is 0. The fraction of sp³-hybridized carbons (Fsp3) is 0.500. The van der Waals surface area contributed by atoms with Crippen LogP contribution in [0.15, 0.2) is 0 Å². The van der Waals surface area contributed by atoms with E-state index in [1.165, 1.54) is 11.8 Å². The second kappa shape index (κ2) is 2.96. The van der Waals surface area contributed by atoms with E-state index in [0.717, 1.165) is 0 Å². The van der Waals surface area contributed by atoms with Crippen LogP contribution in [0.2, 0.25) is 0 Å². The molecule has 1 fully saturated rings. The summed E-state index contributed by atoms with van der Waals surface area (Å²) in [5.74, 6) is -0.566. The maximum absolute atomic E-state index is 10.7. The van der Waals surface area contributed by atoms with Crippen LogP contribution in [0.4, 0.5) is 0 Å². The van der Waals surface area contributed by atoms with Gasteiger partial charge in [-0.05, 0) is 0 Å². The molecule has 1 heterocycles. The van der Waals surface area contributed by atoms with Gasteiger partial charge in [0.15, 0.2) is 6.29 Å². The Labute approximate surface area is 62.2 Å². The lowest BCUT2D eigenvalue weighted by Gasteiger charge is -1.95. The maximum Gasteiger partial charge on any atom is 0.212 e. The Morgan fingerprint density at radius 1 is 1.60 bits per heavy atom. The monoisotopic (exact) mass is 157 g/mol. The first-order valence-electron chi connectivity index (χ1n) is 2.79. The van der Waals surface area contributed by atoms with Crippen molar-refractivity contribution in [2.24, 2.45) is 0 Å². The summed E-state index contributed by atoms with van der Waals surface area (Å²) < 4.78 is 0. The van der Waals surface area contributed by atoms with Crippen LogP contribution >= 0.6 is 11.8 Å². The molecule has 1 rings (SSSR count). The topological polar surface area (TPSA) is 51.2 Å². The van der Waals surface area contributed by atoms with Crippen molar-refractivity contribution in [1.29, 1.82) is 0 Å². The molecule has 0 bridgehead atoms. The third-order valence-corrected chi connectivity index (χ3v) is 2.46. The lowest BCUT2D eigenvalue weighted by molar-refractivity contribution is -0.133. The van der Waals surface area contributed by atoms with Gasteiger partial charge in [-0.15, -0.1) is 11.8 Å². The largest absolute Gasteiger partial charge is 0.291 e. The van der Waals surface area contributed by atoms with Crippen LogP contribution in [0.5, 0.6) is 0 Å². The van der Waals surface area contributed by atoms with Gasteiger partial charge in [0.2, 0.25) is 11.6 Å². The number of rotatable bonds is 2. The summed E-state index contributed by atoms with van der Waals surface area (Å²) >= 11 is 1.22. The molecule has 4 heteroatoms. The Morgan fingerprint density at radius 3 is 2.70 bits per heavy atom. The highest BCUT2D eigenvalue weighted by molar-refractivity contribution is 8.02. The molecule has 10 heavy (non-hydrogen) atoms. The van der Waals surface area contributed by atoms with Crippen LogP contribution in [0.1, 0.15) is 6.42 Å². The molecule has 3 nitrogen and oxygen atoms in total. The average Bonchev–Trinajstić information content (AvgIpc) is 2.20. The van der Waals surface area contributed by atoms with Gasteiger partial charge in [0.1, 0.15) is 0 Å². The van der Waals surface area contributed by atoms with Crippen LogP contribution < -0.4 is 0 Å². The standard InChI is InChI=1S/C6H5O3S/c7-2-1-5-6(9)4(8)3-10-5/h5H,1,3H2. The Hall–Kier alpha value is -0.640. The minimum Gasteiger partial charge on any atom is -0.291 e. The van der Waals surface area contributed by atoms with Crippen molar-refractivity contribution in [3.63, 3.8) is 0 Å². The Morgan fingerprint density at radius 2 is 2.30 bits per heavy atom. The molecule has 1 radical (unpaired) electrons. The molecule has 1 atom stereocenters. The van der Waals surface area contributed by atoms with Crippen LogP contribution in [0.3, 0.4) is 0 Å². The highest BCUT2D eigenvalue weighted by atomic mass is 32.2. The number of thioether (sulfide) groups is 1. The van der Waals surface area contributed by atoms with Crippen LogP contribution in [0, 0.1) is 0 Å². The van der Waals surface area contributed by atoms with E-state index in [9.17, 15) is 14.4 Å². The van der Waals surface area contributed by atoms with E-state index in [1.807, 2.05) is 0 Å². The number of hydrogen-bond acceptors (Lipinski definition) is 4. The summed E-state index contributed by atoms with van der Waals surface area (Å²) in [4.78, 5) is 31.1. The predicted molar refractivity (Wildman–Crippen MR) is 36.6 cm³/mol. The molecule has 0 spiro atoms. The number of carbonyl (C=O) groups is 2. The average molecular weight is 157 g/mol. The zero-order valence-electron chi connectivity index (χ0n) is 5.12. The van der Waals surface area contributed by atoms with Crippen molar-refractivity contribution in [2.75, 3.05) is 5.75 Å². The molecular weight excluding hydrogens is 152 g/mol. The van der Waals surface area contributed by atoms with Crippen molar-refractivity contribution in [2.45, 2.75) is 11.7 Å². The molecule has 0 N–H and O–H groups in total. The molecule has 0 amide bonds. The third-order valence-electron chi connectivity index (χ3n) is 1.25. The molecule has 0 saturated carbocycles. The van der Waals surface area contributed by atoms with Crippen molar-refractivity contribution >= 4 is 29.6 Å². The zero-order valence-corrected chi connectivity index (χ0v) is 5.94. The van der Waals surface area contributed by atoms with Crippen molar-refractivity contribution < 1.29 is 14.4 Å². The van der Waals surface area contributed by atoms with Gasteiger partial charge < -0.3 is 0 Å². The SMILES string of the molecule is O=[C]CC1SCC(=O)C1=O. The molecule has 0 aromatic rings. The Bertz CT molecular complexity index is 187. The maximum atomic E-state index is 10.7. The predicted octanol–water partition coefficient (Wildman–Crippen LogP) is -0.260. The van der Waals surface area contributed by atoms with Gasteiger partial charge in [-0.25, -0.2) is 0 Å². The third kappa shape index (κ3) is 1.26. The lowest BCUT2D eigenvalue weighted by atomic mass is 10.2. The zero-order chi connectivity index (χ0) is 7.56. The van der Waals surface area contributed by atoms with E-state index < -0.39 is 11.0 Å². The first-order valence-corrected chi connectivity index (χ1v) is 3.84. The summed E-state index contributed by atoms with van der Waals surface area (Å²) in [5, 5.41) is -0.440. The summed E-state index contributed by atoms with van der Waals surface area (Å²) in [6, 6.07) is 0. The Kier molecular flexibility index (Phi) is 2.21. The molecule has 1 aliphatic heterocycles. The summed E-state index contributed by atoms with van der Waals surface area (Å²) in [6.45, 7) is 0. The second-order valence-corrected chi connectivity index (χ2v) is 3.13. The van der Waals surface area contributed by atoms with E-state index in [1.54, 1.807) is 6.29 Å². The molecule has 1 aliphatic rings. The highest BCUT2D eigenvalue weighted by Crippen LogP contribution is 2.22. The first-order chi connectivity index (χ1) is 4.75. The van der Waals surface area contributed by atoms with E-state index in [0.29, 0.717) is 0 Å². The van der Waals surface area contributed by atoms with E-state index in [2.05, 4.69) is 0 Å². The molecule has 0 aromatic heterocycles. The van der Waals surface area contributed by atoms with Crippen molar-refractivity contribution in [3.8, 4) is 0 Å². The molecule has 1 saturated heterocycles. The number of Topliss-reactive ketones (excluding diaryl/α,β-unsaturated/α-hetero) is 2. The summed E-state index contributed by atoms with van der Waals surface area (Å²) in [6.07, 6.45) is 1.67. The van der Waals surface area contributed by atoms with Gasteiger partial charge in [-0.1, -0.05) is 0 Å². The van der Waals surface area contributed by atoms with Gasteiger partial charge >= 0.3 is 0 Å². The quantitative estimate of drug-likeness (QED) is 0.518.